The van der Waals surface area contributed by atoms with Crippen LogP contribution in [0.15, 0.2) is 52.7 Å². The Labute approximate surface area is 104 Å². The Bertz CT molecular complexity index is 657. The second-order valence-electron chi connectivity index (χ2n) is 3.68. The standard InChI is InChI=1S/C13H10N4O/c14-8-12(13(15)18)17-16-11-6-5-9-3-1-2-4-10(9)7-11/h1-7,12H,(H2,15,18)/t12-/m0/s1. The zero-order chi connectivity index (χ0) is 13.0. The quantitative estimate of drug-likeness (QED) is 0.831. The van der Waals surface area contributed by atoms with E-state index in [4.69, 9.17) is 11.0 Å². The number of carbonyl (C=O) groups excluding carboxylic acids is 1. The molecule has 2 rings (SSSR count). The Balaban J connectivity index is 2.30. The lowest BCUT2D eigenvalue weighted by molar-refractivity contribution is -0.118. The molecule has 0 aliphatic carbocycles. The smallest absolute Gasteiger partial charge is 0.258 e. The number of nitrogens with zero attached hydrogens (tertiary/aromatic N) is 3. The summed E-state index contributed by atoms with van der Waals surface area (Å²) in [6, 6.07) is 13.7. The van der Waals surface area contributed by atoms with Gasteiger partial charge in [-0.15, -0.1) is 0 Å². The van der Waals surface area contributed by atoms with Gasteiger partial charge in [0, 0.05) is 0 Å². The minimum absolute atomic E-state index is 0.579. The van der Waals surface area contributed by atoms with Gasteiger partial charge in [0.2, 0.25) is 6.04 Å². The molecule has 2 aromatic carbocycles. The number of azo groups is 1. The summed E-state index contributed by atoms with van der Waals surface area (Å²) in [7, 11) is 0. The summed E-state index contributed by atoms with van der Waals surface area (Å²) < 4.78 is 0. The van der Waals surface area contributed by atoms with Crippen LogP contribution in [0.1, 0.15) is 0 Å². The molecule has 18 heavy (non-hydrogen) atoms. The van der Waals surface area contributed by atoms with Gasteiger partial charge in [0.15, 0.2) is 0 Å². The number of primary amides is 1. The predicted octanol–water partition coefficient (Wildman–Crippen LogP) is 2.30. The summed E-state index contributed by atoms with van der Waals surface area (Å²) in [5.41, 5.74) is 5.57. The summed E-state index contributed by atoms with van der Waals surface area (Å²) in [5, 5.41) is 18.2. The first-order valence-corrected chi connectivity index (χ1v) is 5.29. The normalized spacial score (nSPS) is 12.4. The van der Waals surface area contributed by atoms with Gasteiger partial charge >= 0.3 is 0 Å². The minimum atomic E-state index is -1.24. The Morgan fingerprint density at radius 1 is 1.22 bits per heavy atom. The lowest BCUT2D eigenvalue weighted by Gasteiger charge is -1.99. The van der Waals surface area contributed by atoms with Crippen molar-refractivity contribution in [3.8, 4) is 6.07 Å². The number of hydrogen-bond acceptors (Lipinski definition) is 4. The first kappa shape index (κ1) is 11.7. The monoisotopic (exact) mass is 238 g/mol. The molecule has 5 heteroatoms. The largest absolute Gasteiger partial charge is 0.367 e. The third kappa shape index (κ3) is 2.50. The van der Waals surface area contributed by atoms with Crippen LogP contribution >= 0.6 is 0 Å². The molecule has 5 nitrogen and oxygen atoms in total. The van der Waals surface area contributed by atoms with Gasteiger partial charge < -0.3 is 5.73 Å². The number of hydrogen-bond donors (Lipinski definition) is 1. The molecular formula is C13H10N4O. The molecule has 88 valence electrons. The second kappa shape index (κ2) is 5.06. The predicted molar refractivity (Wildman–Crippen MR) is 67.1 cm³/mol. The molecular weight excluding hydrogens is 228 g/mol. The van der Waals surface area contributed by atoms with Crippen LogP contribution in [0.4, 0.5) is 5.69 Å². The third-order valence-corrected chi connectivity index (χ3v) is 2.41. The van der Waals surface area contributed by atoms with Gasteiger partial charge in [0.25, 0.3) is 5.91 Å². The number of rotatable bonds is 3. The maximum atomic E-state index is 10.8. The number of carbonyl (C=O) groups is 1. The average Bonchev–Trinajstić information content (AvgIpc) is 2.39. The summed E-state index contributed by atoms with van der Waals surface area (Å²) in [5.74, 6) is -0.804. The molecule has 0 fully saturated rings. The van der Waals surface area contributed by atoms with E-state index in [1.165, 1.54) is 0 Å². The van der Waals surface area contributed by atoms with Gasteiger partial charge in [-0.05, 0) is 22.9 Å². The Morgan fingerprint density at radius 2 is 1.94 bits per heavy atom. The molecule has 0 aromatic heterocycles. The molecule has 0 aliphatic heterocycles. The molecule has 0 unspecified atom stereocenters. The van der Waals surface area contributed by atoms with Crippen molar-refractivity contribution in [1.29, 1.82) is 5.26 Å². The van der Waals surface area contributed by atoms with Gasteiger partial charge in [0.1, 0.15) is 6.07 Å². The van der Waals surface area contributed by atoms with Crippen LogP contribution in [0, 0.1) is 11.3 Å². The van der Waals surface area contributed by atoms with E-state index in [0.717, 1.165) is 10.8 Å². The summed E-state index contributed by atoms with van der Waals surface area (Å²) in [4.78, 5) is 10.8. The van der Waals surface area contributed by atoms with Gasteiger partial charge in [0.05, 0.1) is 5.69 Å². The van der Waals surface area contributed by atoms with Crippen LogP contribution in [0.5, 0.6) is 0 Å². The van der Waals surface area contributed by atoms with E-state index < -0.39 is 11.9 Å². The number of amides is 1. The van der Waals surface area contributed by atoms with Crippen LogP contribution in [-0.4, -0.2) is 11.9 Å². The molecule has 0 saturated heterocycles. The van der Waals surface area contributed by atoms with Crippen molar-refractivity contribution in [1.82, 2.24) is 0 Å². The van der Waals surface area contributed by atoms with Crippen LogP contribution < -0.4 is 5.73 Å². The Kier molecular flexibility index (Phi) is 3.30. The van der Waals surface area contributed by atoms with E-state index >= 15 is 0 Å². The number of nitriles is 1. The van der Waals surface area contributed by atoms with E-state index in [0.29, 0.717) is 5.69 Å². The molecule has 1 atom stereocenters. The Morgan fingerprint density at radius 3 is 2.61 bits per heavy atom. The zero-order valence-corrected chi connectivity index (χ0v) is 9.45. The maximum Gasteiger partial charge on any atom is 0.258 e. The van der Waals surface area contributed by atoms with E-state index in [2.05, 4.69) is 10.2 Å². The van der Waals surface area contributed by atoms with Crippen molar-refractivity contribution < 1.29 is 4.79 Å². The SMILES string of the molecule is N#C[C@H](N=Nc1ccc2ccccc2c1)C(N)=O. The first-order valence-electron chi connectivity index (χ1n) is 5.29. The molecule has 0 aliphatic rings. The highest BCUT2D eigenvalue weighted by Gasteiger charge is 2.11. The molecule has 0 radical (unpaired) electrons. The molecule has 0 saturated carbocycles. The van der Waals surface area contributed by atoms with E-state index in [-0.39, 0.29) is 0 Å². The highest BCUT2D eigenvalue weighted by atomic mass is 16.1. The van der Waals surface area contributed by atoms with Gasteiger partial charge in [-0.25, -0.2) is 0 Å². The Hall–Kier alpha value is -2.74. The van der Waals surface area contributed by atoms with Crippen LogP contribution in [0.2, 0.25) is 0 Å². The van der Waals surface area contributed by atoms with E-state index in [9.17, 15) is 4.79 Å². The van der Waals surface area contributed by atoms with Crippen molar-refractivity contribution in [3.63, 3.8) is 0 Å². The van der Waals surface area contributed by atoms with Crippen molar-refractivity contribution in [2.75, 3.05) is 0 Å². The fourth-order valence-electron chi connectivity index (χ4n) is 1.51. The average molecular weight is 238 g/mol. The fourth-order valence-corrected chi connectivity index (χ4v) is 1.51. The molecule has 2 aromatic rings. The lowest BCUT2D eigenvalue weighted by atomic mass is 10.1. The topological polar surface area (TPSA) is 91.6 Å². The highest BCUT2D eigenvalue weighted by molar-refractivity contribution is 5.85. The summed E-state index contributed by atoms with van der Waals surface area (Å²) >= 11 is 0. The molecule has 0 bridgehead atoms. The van der Waals surface area contributed by atoms with Gasteiger partial charge in [-0.1, -0.05) is 30.3 Å². The van der Waals surface area contributed by atoms with Crippen LogP contribution in [0.25, 0.3) is 10.8 Å². The van der Waals surface area contributed by atoms with E-state index in [1.807, 2.05) is 36.4 Å². The summed E-state index contributed by atoms with van der Waals surface area (Å²) in [6.45, 7) is 0. The van der Waals surface area contributed by atoms with Gasteiger partial charge in [-0.3, -0.25) is 4.79 Å². The molecule has 0 spiro atoms. The van der Waals surface area contributed by atoms with Crippen LogP contribution in [0.3, 0.4) is 0 Å². The molecule has 1 amide bonds. The van der Waals surface area contributed by atoms with Crippen molar-refractivity contribution >= 4 is 22.4 Å². The zero-order valence-electron chi connectivity index (χ0n) is 9.45. The number of nitrogens with two attached hydrogens (primary N) is 1. The van der Waals surface area contributed by atoms with Crippen molar-refractivity contribution in [2.45, 2.75) is 6.04 Å². The van der Waals surface area contributed by atoms with Crippen molar-refractivity contribution in [2.24, 2.45) is 16.0 Å². The maximum absolute atomic E-state index is 10.8. The van der Waals surface area contributed by atoms with Crippen molar-refractivity contribution in [3.05, 3.63) is 42.5 Å². The lowest BCUT2D eigenvalue weighted by Crippen LogP contribution is -2.24. The molecule has 2 N–H and O–H groups in total. The second-order valence-corrected chi connectivity index (χ2v) is 3.68. The highest BCUT2D eigenvalue weighted by Crippen LogP contribution is 2.21. The first-order chi connectivity index (χ1) is 8.70. The van der Waals surface area contributed by atoms with E-state index in [1.54, 1.807) is 12.1 Å². The number of fused-ring (bicyclic) bond motifs is 1. The summed E-state index contributed by atoms with van der Waals surface area (Å²) in [6.07, 6.45) is 0. The van der Waals surface area contributed by atoms with Gasteiger partial charge in [-0.2, -0.15) is 15.5 Å². The van der Waals surface area contributed by atoms with Crippen LogP contribution in [-0.2, 0) is 4.79 Å². The molecule has 0 heterocycles. The third-order valence-electron chi connectivity index (χ3n) is 2.41. The fraction of sp³-hybridized carbons (Fsp3) is 0.0769. The minimum Gasteiger partial charge on any atom is -0.367 e. The number of benzene rings is 2.